The van der Waals surface area contributed by atoms with E-state index in [0.29, 0.717) is 45.7 Å². The van der Waals surface area contributed by atoms with Gasteiger partial charge < -0.3 is 9.64 Å². The summed E-state index contributed by atoms with van der Waals surface area (Å²) in [7, 11) is 0. The first-order valence-electron chi connectivity index (χ1n) is 11.5. The van der Waals surface area contributed by atoms with Gasteiger partial charge in [0.1, 0.15) is 34.7 Å². The number of aryl methyl sites for hydroxylation is 1. The van der Waals surface area contributed by atoms with Crippen LogP contribution in [-0.2, 0) is 15.7 Å². The summed E-state index contributed by atoms with van der Waals surface area (Å²) in [6.45, 7) is 4.28. The summed E-state index contributed by atoms with van der Waals surface area (Å²) < 4.78 is 46.8. The van der Waals surface area contributed by atoms with Crippen molar-refractivity contribution in [3.63, 3.8) is 0 Å². The third-order valence-electron chi connectivity index (χ3n) is 7.12. The average molecular weight is 488 g/mol. The highest BCUT2D eigenvalue weighted by Gasteiger charge is 2.46. The van der Waals surface area contributed by atoms with Crippen LogP contribution in [0.3, 0.4) is 0 Å². The van der Waals surface area contributed by atoms with Crippen molar-refractivity contribution in [2.45, 2.75) is 38.4 Å². The molecule has 0 atom stereocenters. The Kier molecular flexibility index (Phi) is 4.95. The van der Waals surface area contributed by atoms with Crippen molar-refractivity contribution in [3.05, 3.63) is 30.0 Å². The van der Waals surface area contributed by atoms with Crippen LogP contribution in [0.15, 0.2) is 18.5 Å². The molecule has 3 aliphatic rings. The van der Waals surface area contributed by atoms with E-state index >= 15 is 0 Å². The molecule has 35 heavy (non-hydrogen) atoms. The summed E-state index contributed by atoms with van der Waals surface area (Å²) in [4.78, 5) is 33.3. The molecule has 6 rings (SSSR count). The minimum Gasteiger partial charge on any atom is -0.377 e. The normalized spacial score (nSPS) is 20.7. The predicted octanol–water partition coefficient (Wildman–Crippen LogP) is 2.54. The molecule has 10 nitrogen and oxygen atoms in total. The molecule has 0 N–H and O–H groups in total. The lowest BCUT2D eigenvalue weighted by Crippen LogP contribution is -2.42. The van der Waals surface area contributed by atoms with Crippen LogP contribution in [0, 0.1) is 12.3 Å². The molecule has 1 amide bonds. The van der Waals surface area contributed by atoms with Crippen molar-refractivity contribution in [3.8, 4) is 0 Å². The summed E-state index contributed by atoms with van der Waals surface area (Å²) in [6, 6.07) is 1.03. The topological polar surface area (TPSA) is 102 Å². The van der Waals surface area contributed by atoms with Gasteiger partial charge in [-0.15, -0.1) is 0 Å². The Hall–Kier alpha value is -3.35. The van der Waals surface area contributed by atoms with Crippen molar-refractivity contribution in [2.24, 2.45) is 5.41 Å². The summed E-state index contributed by atoms with van der Waals surface area (Å²) >= 11 is 0. The van der Waals surface area contributed by atoms with Gasteiger partial charge >= 0.3 is 6.18 Å². The van der Waals surface area contributed by atoms with Gasteiger partial charge in [-0.3, -0.25) is 9.69 Å². The van der Waals surface area contributed by atoms with E-state index in [1.54, 1.807) is 12.4 Å². The molecule has 0 radical (unpaired) electrons. The van der Waals surface area contributed by atoms with Gasteiger partial charge in [0.05, 0.1) is 25.6 Å². The Balaban J connectivity index is 1.19. The van der Waals surface area contributed by atoms with Gasteiger partial charge in [-0.05, 0) is 19.8 Å². The summed E-state index contributed by atoms with van der Waals surface area (Å²) in [5.41, 5.74) is 0.0978. The molecule has 0 aliphatic carbocycles. The summed E-state index contributed by atoms with van der Waals surface area (Å²) in [5.74, 6) is 0.535. The maximum atomic E-state index is 13.2. The number of halogens is 3. The zero-order valence-electron chi connectivity index (χ0n) is 19.0. The first-order valence-corrected chi connectivity index (χ1v) is 11.5. The molecule has 184 valence electrons. The lowest BCUT2D eigenvalue weighted by Gasteiger charge is -2.39. The molecule has 3 aliphatic heterocycles. The van der Waals surface area contributed by atoms with E-state index in [1.807, 2.05) is 4.68 Å². The summed E-state index contributed by atoms with van der Waals surface area (Å²) in [6.07, 6.45) is 0.537. The van der Waals surface area contributed by atoms with E-state index in [4.69, 9.17) is 9.72 Å². The minimum atomic E-state index is -4.60. The highest BCUT2D eigenvalue weighted by atomic mass is 19.4. The van der Waals surface area contributed by atoms with Crippen LogP contribution in [0.25, 0.3) is 11.2 Å². The van der Waals surface area contributed by atoms with Gasteiger partial charge in [-0.2, -0.15) is 18.3 Å². The number of rotatable bonds is 3. The zero-order valence-corrected chi connectivity index (χ0v) is 19.0. The Morgan fingerprint density at radius 3 is 2.54 bits per heavy atom. The van der Waals surface area contributed by atoms with Crippen molar-refractivity contribution in [2.75, 3.05) is 42.6 Å². The molecular formula is C22H23F3N8O2. The van der Waals surface area contributed by atoms with Gasteiger partial charge in [-0.1, -0.05) is 0 Å². The van der Waals surface area contributed by atoms with Gasteiger partial charge in [0, 0.05) is 37.5 Å². The van der Waals surface area contributed by atoms with Crippen LogP contribution in [0.5, 0.6) is 0 Å². The molecule has 3 aromatic rings. The third kappa shape index (κ3) is 3.87. The predicted molar refractivity (Wildman–Crippen MR) is 118 cm³/mol. The maximum absolute atomic E-state index is 13.2. The first-order chi connectivity index (χ1) is 16.7. The number of anilines is 2. The number of alkyl halides is 3. The van der Waals surface area contributed by atoms with E-state index < -0.39 is 11.9 Å². The first kappa shape index (κ1) is 22.1. The fourth-order valence-electron chi connectivity index (χ4n) is 5.08. The van der Waals surface area contributed by atoms with Crippen LogP contribution in [0.4, 0.5) is 24.8 Å². The van der Waals surface area contributed by atoms with Crippen LogP contribution >= 0.6 is 0 Å². The number of aromatic nitrogens is 6. The zero-order chi connectivity index (χ0) is 24.4. The number of fused-ring (bicyclic) bond motifs is 1. The second-order valence-electron chi connectivity index (χ2n) is 9.52. The van der Waals surface area contributed by atoms with Crippen molar-refractivity contribution in [1.82, 2.24) is 29.7 Å². The highest BCUT2D eigenvalue weighted by molar-refractivity contribution is 5.95. The standard InChI is InChI=1S/C22H23F3N8O2/c1-13-28-16(22(23,24)25)6-17(29-13)32-12-21(7-19(32)34)2-4-31(5-3-21)18-9-26-15-8-27-33(20(15)30-18)14-10-35-11-14/h6,8-9,14H,2-5,7,10-12H2,1H3. The van der Waals surface area contributed by atoms with E-state index in [1.165, 1.54) is 11.8 Å². The molecule has 0 saturated carbocycles. The number of nitrogens with zero attached hydrogens (tertiary/aromatic N) is 8. The van der Waals surface area contributed by atoms with Gasteiger partial charge in [0.2, 0.25) is 5.91 Å². The lowest BCUT2D eigenvalue weighted by molar-refractivity contribution is -0.141. The molecule has 13 heteroatoms. The van der Waals surface area contributed by atoms with E-state index in [2.05, 4.69) is 25.0 Å². The lowest BCUT2D eigenvalue weighted by atomic mass is 9.77. The fourth-order valence-corrected chi connectivity index (χ4v) is 5.08. The Bertz CT molecular complexity index is 1300. The maximum Gasteiger partial charge on any atom is 0.433 e. The van der Waals surface area contributed by atoms with Gasteiger partial charge in [-0.25, -0.2) is 24.6 Å². The number of carbonyl (C=O) groups is 1. The monoisotopic (exact) mass is 488 g/mol. The minimum absolute atomic E-state index is 0.0127. The smallest absolute Gasteiger partial charge is 0.377 e. The largest absolute Gasteiger partial charge is 0.433 e. The number of ether oxygens (including phenoxy) is 1. The van der Waals surface area contributed by atoms with E-state index in [0.717, 1.165) is 23.0 Å². The average Bonchev–Trinajstić information content (AvgIpc) is 3.33. The fraction of sp³-hybridized carbons (Fsp3) is 0.545. The molecule has 3 fully saturated rings. The molecule has 3 aromatic heterocycles. The van der Waals surface area contributed by atoms with Gasteiger partial charge in [0.15, 0.2) is 5.65 Å². The molecule has 0 unspecified atom stereocenters. The van der Waals surface area contributed by atoms with Crippen LogP contribution < -0.4 is 9.80 Å². The second kappa shape index (κ2) is 7.83. The highest BCUT2D eigenvalue weighted by Crippen LogP contribution is 2.43. The molecular weight excluding hydrogens is 465 g/mol. The molecule has 3 saturated heterocycles. The van der Waals surface area contributed by atoms with Crippen LogP contribution in [-0.4, -0.2) is 68.5 Å². The number of amides is 1. The Morgan fingerprint density at radius 2 is 1.86 bits per heavy atom. The number of hydrogen-bond acceptors (Lipinski definition) is 8. The SMILES string of the molecule is Cc1nc(N2CC3(CCN(c4cnc5cnn(C6COC6)c5n4)CC3)CC2=O)cc(C(F)(F)F)n1. The number of hydrogen-bond donors (Lipinski definition) is 0. The van der Waals surface area contributed by atoms with Crippen LogP contribution in [0.2, 0.25) is 0 Å². The Morgan fingerprint density at radius 1 is 1.09 bits per heavy atom. The number of carbonyl (C=O) groups excluding carboxylic acids is 1. The third-order valence-corrected chi connectivity index (χ3v) is 7.12. The van der Waals surface area contributed by atoms with E-state index in [9.17, 15) is 18.0 Å². The van der Waals surface area contributed by atoms with E-state index in [-0.39, 0.29) is 35.4 Å². The second-order valence-corrected chi connectivity index (χ2v) is 9.52. The van der Waals surface area contributed by atoms with Gasteiger partial charge in [0.25, 0.3) is 0 Å². The van der Waals surface area contributed by atoms with Crippen LogP contribution in [0.1, 0.15) is 36.8 Å². The molecule has 6 heterocycles. The molecule has 1 spiro atoms. The molecule has 0 aromatic carbocycles. The Labute approximate surface area is 198 Å². The van der Waals surface area contributed by atoms with Crippen molar-refractivity contribution < 1.29 is 22.7 Å². The quantitative estimate of drug-likeness (QED) is 0.554. The number of piperidine rings is 1. The van der Waals surface area contributed by atoms with Crippen molar-refractivity contribution >= 4 is 28.7 Å². The molecule has 0 bridgehead atoms. The van der Waals surface area contributed by atoms with Crippen molar-refractivity contribution in [1.29, 1.82) is 0 Å². The summed E-state index contributed by atoms with van der Waals surface area (Å²) in [5, 5.41) is 4.40.